The van der Waals surface area contributed by atoms with Crippen molar-refractivity contribution in [1.82, 2.24) is 0 Å². The lowest BCUT2D eigenvalue weighted by molar-refractivity contribution is -0.710. The first-order valence-electron chi connectivity index (χ1n) is 8.28. The molecule has 0 radical (unpaired) electrons. The van der Waals surface area contributed by atoms with Crippen molar-refractivity contribution in [2.75, 3.05) is 0 Å². The molecular weight excluding hydrogens is 317 g/mol. The zero-order valence-electron chi connectivity index (χ0n) is 14.4. The van der Waals surface area contributed by atoms with Crippen LogP contribution < -0.4 is 4.57 Å². The maximum absolute atomic E-state index is 9.75. The summed E-state index contributed by atoms with van der Waals surface area (Å²) in [5, 5.41) is 0. The molecule has 1 heterocycles. The summed E-state index contributed by atoms with van der Waals surface area (Å²) >= 11 is 0. The van der Waals surface area contributed by atoms with E-state index in [4.69, 9.17) is 0 Å². The van der Waals surface area contributed by atoms with Crippen LogP contribution in [0, 0.1) is 0 Å². The smallest absolute Gasteiger partial charge is 0.418 e. The summed E-state index contributed by atoms with van der Waals surface area (Å²) in [6.45, 7) is 7.86. The highest BCUT2D eigenvalue weighted by Gasteiger charge is 2.20. The summed E-state index contributed by atoms with van der Waals surface area (Å²) < 4.78 is 41.5. The molecule has 1 aromatic heterocycles. The van der Waals surface area contributed by atoms with Gasteiger partial charge in [0.05, 0.1) is 0 Å². The lowest BCUT2D eigenvalue weighted by atomic mass is 10.0. The van der Waals surface area contributed by atoms with Crippen LogP contribution in [-0.2, 0) is 19.4 Å². The van der Waals surface area contributed by atoms with Crippen molar-refractivity contribution < 1.29 is 21.8 Å². The molecule has 0 bridgehead atoms. The molecule has 0 atom stereocenters. The molecule has 0 saturated carbocycles. The van der Waals surface area contributed by atoms with Crippen molar-refractivity contribution in [2.45, 2.75) is 46.6 Å². The van der Waals surface area contributed by atoms with Crippen LogP contribution in [0.15, 0.2) is 42.5 Å². The standard InChI is InChI=1S/C18H24N.BF4/c1-4-12-19-17(5-2)13-16(14-18(19)6-3)15-10-8-7-9-11-15;2-1(3,4)5/h7-11,13-14H,4-6,12H2,1-3H3;/q+1;-1. The van der Waals surface area contributed by atoms with Gasteiger partial charge < -0.3 is 17.3 Å². The number of nitrogens with zero attached hydrogens (tertiary/aromatic N) is 1. The van der Waals surface area contributed by atoms with Crippen molar-refractivity contribution in [3.05, 3.63) is 53.9 Å². The minimum Gasteiger partial charge on any atom is -0.418 e. The van der Waals surface area contributed by atoms with E-state index < -0.39 is 7.25 Å². The maximum atomic E-state index is 9.75. The van der Waals surface area contributed by atoms with Crippen molar-refractivity contribution in [3.8, 4) is 11.1 Å². The molecule has 6 heteroatoms. The average Bonchev–Trinajstić information content (AvgIpc) is 2.54. The number of aromatic nitrogens is 1. The molecule has 0 spiro atoms. The van der Waals surface area contributed by atoms with E-state index in [0.29, 0.717) is 0 Å². The molecule has 0 aliphatic heterocycles. The minimum absolute atomic E-state index is 1.09. The van der Waals surface area contributed by atoms with Gasteiger partial charge in [-0.1, -0.05) is 51.1 Å². The van der Waals surface area contributed by atoms with Crippen LogP contribution in [0.1, 0.15) is 38.6 Å². The van der Waals surface area contributed by atoms with Crippen molar-refractivity contribution >= 4 is 7.25 Å². The second kappa shape index (κ2) is 9.45. The average molecular weight is 341 g/mol. The Balaban J connectivity index is 0.000000505. The summed E-state index contributed by atoms with van der Waals surface area (Å²) in [6.07, 6.45) is 3.37. The predicted molar refractivity (Wildman–Crippen MR) is 91.3 cm³/mol. The van der Waals surface area contributed by atoms with Gasteiger partial charge in [-0.15, -0.1) is 0 Å². The van der Waals surface area contributed by atoms with Gasteiger partial charge in [0.2, 0.25) is 0 Å². The molecule has 1 nitrogen and oxygen atoms in total. The Morgan fingerprint density at radius 2 is 1.25 bits per heavy atom. The summed E-state index contributed by atoms with van der Waals surface area (Å²) in [7, 11) is -6.00. The summed E-state index contributed by atoms with van der Waals surface area (Å²) in [4.78, 5) is 0. The quantitative estimate of drug-likeness (QED) is 0.385. The van der Waals surface area contributed by atoms with Gasteiger partial charge >= 0.3 is 7.25 Å². The third-order valence-electron chi connectivity index (χ3n) is 3.62. The Bertz CT molecular complexity index is 596. The van der Waals surface area contributed by atoms with Crippen molar-refractivity contribution in [3.63, 3.8) is 0 Å². The van der Waals surface area contributed by atoms with Gasteiger partial charge in [-0.05, 0) is 11.1 Å². The molecule has 0 unspecified atom stereocenters. The predicted octanol–water partition coefficient (Wildman–Crippen LogP) is 5.48. The van der Waals surface area contributed by atoms with Crippen LogP contribution in [0.5, 0.6) is 0 Å². The van der Waals surface area contributed by atoms with E-state index in [9.17, 15) is 17.3 Å². The Kier molecular flexibility index (Phi) is 7.95. The highest BCUT2D eigenvalue weighted by Crippen LogP contribution is 2.20. The third-order valence-corrected chi connectivity index (χ3v) is 3.62. The number of pyridine rings is 1. The number of hydrogen-bond acceptors (Lipinski definition) is 0. The molecule has 2 rings (SSSR count). The molecule has 0 amide bonds. The van der Waals surface area contributed by atoms with Crippen molar-refractivity contribution in [1.29, 1.82) is 0 Å². The number of rotatable bonds is 5. The zero-order valence-corrected chi connectivity index (χ0v) is 14.4. The van der Waals surface area contributed by atoms with Crippen LogP contribution >= 0.6 is 0 Å². The summed E-state index contributed by atoms with van der Waals surface area (Å²) in [6, 6.07) is 15.4. The van der Waals surface area contributed by atoms with Crippen molar-refractivity contribution in [2.24, 2.45) is 0 Å². The Labute approximate surface area is 141 Å². The number of hydrogen-bond donors (Lipinski definition) is 0. The normalized spacial score (nSPS) is 11.0. The molecule has 24 heavy (non-hydrogen) atoms. The first-order chi connectivity index (χ1) is 11.3. The third kappa shape index (κ3) is 6.73. The van der Waals surface area contributed by atoms with E-state index in [2.05, 4.69) is 67.8 Å². The molecule has 0 aliphatic rings. The lowest BCUT2D eigenvalue weighted by Gasteiger charge is -2.10. The van der Waals surface area contributed by atoms with E-state index in [-0.39, 0.29) is 0 Å². The number of halogens is 4. The van der Waals surface area contributed by atoms with Gasteiger partial charge in [-0.25, -0.2) is 0 Å². The van der Waals surface area contributed by atoms with Gasteiger partial charge in [0.25, 0.3) is 0 Å². The minimum atomic E-state index is -6.00. The van der Waals surface area contributed by atoms with E-state index >= 15 is 0 Å². The first kappa shape index (κ1) is 20.2. The molecule has 0 saturated heterocycles. The van der Waals surface area contributed by atoms with Crippen LogP contribution in [0.25, 0.3) is 11.1 Å². The van der Waals surface area contributed by atoms with Gasteiger partial charge in [0.15, 0.2) is 11.4 Å². The Hall–Kier alpha value is -1.85. The van der Waals surface area contributed by atoms with Crippen LogP contribution in [0.2, 0.25) is 0 Å². The van der Waals surface area contributed by atoms with Crippen LogP contribution in [-0.4, -0.2) is 7.25 Å². The van der Waals surface area contributed by atoms with E-state index in [1.807, 2.05) is 0 Å². The Morgan fingerprint density at radius 3 is 1.62 bits per heavy atom. The van der Waals surface area contributed by atoms with Gasteiger partial charge in [-0.2, -0.15) is 4.57 Å². The first-order valence-corrected chi connectivity index (χ1v) is 8.28. The highest BCUT2D eigenvalue weighted by molar-refractivity contribution is 6.50. The monoisotopic (exact) mass is 341 g/mol. The maximum Gasteiger partial charge on any atom is 0.673 e. The zero-order chi connectivity index (χ0) is 18.2. The topological polar surface area (TPSA) is 3.88 Å². The molecule has 0 aliphatic carbocycles. The molecule has 132 valence electrons. The Morgan fingerprint density at radius 1 is 0.792 bits per heavy atom. The van der Waals surface area contributed by atoms with E-state index in [1.165, 1.54) is 28.9 Å². The van der Waals surface area contributed by atoms with Gasteiger partial charge in [0.1, 0.15) is 6.54 Å². The molecule has 2 aromatic rings. The van der Waals surface area contributed by atoms with E-state index in [0.717, 1.165) is 19.4 Å². The summed E-state index contributed by atoms with van der Waals surface area (Å²) in [5.74, 6) is 0. The van der Waals surface area contributed by atoms with Crippen LogP contribution in [0.3, 0.4) is 0 Å². The lowest BCUT2D eigenvalue weighted by Crippen LogP contribution is -2.42. The molecule has 1 aromatic carbocycles. The van der Waals surface area contributed by atoms with E-state index in [1.54, 1.807) is 0 Å². The highest BCUT2D eigenvalue weighted by atomic mass is 19.5. The summed E-state index contributed by atoms with van der Waals surface area (Å²) in [5.41, 5.74) is 5.55. The second-order valence-electron chi connectivity index (χ2n) is 5.45. The number of aryl methyl sites for hydroxylation is 2. The largest absolute Gasteiger partial charge is 0.673 e. The molecule has 0 N–H and O–H groups in total. The van der Waals surface area contributed by atoms with Gasteiger partial charge in [-0.3, -0.25) is 0 Å². The number of benzene rings is 1. The molecule has 0 fully saturated rings. The SMILES string of the molecule is CCC[n+]1c(CC)cc(-c2ccccc2)cc1CC.F[B-](F)(F)F. The van der Waals surface area contributed by atoms with Gasteiger partial charge in [0, 0.05) is 31.4 Å². The second-order valence-corrected chi connectivity index (χ2v) is 5.45. The molecular formula is C18H24BF4N. The van der Waals surface area contributed by atoms with Crippen LogP contribution in [0.4, 0.5) is 17.3 Å². The fourth-order valence-electron chi connectivity index (χ4n) is 2.63. The fourth-order valence-corrected chi connectivity index (χ4v) is 2.63. The fraction of sp³-hybridized carbons (Fsp3) is 0.389.